The number of hydrogen-bond acceptors (Lipinski definition) is 4. The molecule has 118 valence electrons. The molecular weight excluding hydrogens is 320 g/mol. The van der Waals surface area contributed by atoms with Gasteiger partial charge in [0.15, 0.2) is 0 Å². The molecule has 1 aliphatic rings. The molecule has 1 aromatic carbocycles. The van der Waals surface area contributed by atoms with E-state index in [0.29, 0.717) is 11.6 Å². The van der Waals surface area contributed by atoms with Gasteiger partial charge in [-0.05, 0) is 30.2 Å². The van der Waals surface area contributed by atoms with Crippen LogP contribution in [0.1, 0.15) is 22.9 Å². The maximum Gasteiger partial charge on any atom is 0.328 e. The molecule has 1 aliphatic heterocycles. The molecule has 3 aromatic rings. The van der Waals surface area contributed by atoms with Gasteiger partial charge in [0.25, 0.3) is 5.56 Å². The van der Waals surface area contributed by atoms with Crippen molar-refractivity contribution in [2.45, 2.75) is 12.5 Å². The van der Waals surface area contributed by atoms with Gasteiger partial charge in [0.05, 0.1) is 6.04 Å². The van der Waals surface area contributed by atoms with Crippen LogP contribution >= 0.6 is 11.6 Å². The SMILES string of the molecule is O=c1[nH]c(O)c([C@H]2NCCc3c2[nH]c2ccc(Cl)cc32)c(=O)[nH]1. The molecule has 3 heterocycles. The predicted octanol–water partition coefficient (Wildman–Crippen LogP) is 1.14. The summed E-state index contributed by atoms with van der Waals surface area (Å²) in [7, 11) is 0. The second-order valence-corrected chi connectivity index (χ2v) is 5.95. The van der Waals surface area contributed by atoms with Crippen molar-refractivity contribution in [1.82, 2.24) is 20.3 Å². The van der Waals surface area contributed by atoms with Crippen molar-refractivity contribution in [3.63, 3.8) is 0 Å². The molecule has 4 rings (SSSR count). The zero-order valence-electron chi connectivity index (χ0n) is 11.9. The monoisotopic (exact) mass is 332 g/mol. The summed E-state index contributed by atoms with van der Waals surface area (Å²) < 4.78 is 0. The summed E-state index contributed by atoms with van der Waals surface area (Å²) in [4.78, 5) is 31.0. The Kier molecular flexibility index (Phi) is 3.07. The highest BCUT2D eigenvalue weighted by Gasteiger charge is 2.29. The summed E-state index contributed by atoms with van der Waals surface area (Å²) in [6.45, 7) is 0.634. The van der Waals surface area contributed by atoms with Gasteiger partial charge in [-0.1, -0.05) is 11.6 Å². The maximum absolute atomic E-state index is 12.1. The third kappa shape index (κ3) is 2.16. The Morgan fingerprint density at radius 3 is 2.78 bits per heavy atom. The molecule has 2 aromatic heterocycles. The number of nitrogens with one attached hydrogen (secondary N) is 4. The quantitative estimate of drug-likeness (QED) is 0.460. The maximum atomic E-state index is 12.1. The third-order valence-corrected chi connectivity index (χ3v) is 4.40. The number of rotatable bonds is 1. The van der Waals surface area contributed by atoms with Gasteiger partial charge in [-0.3, -0.25) is 14.8 Å². The van der Waals surface area contributed by atoms with E-state index in [-0.39, 0.29) is 5.56 Å². The molecule has 0 bridgehead atoms. The van der Waals surface area contributed by atoms with Crippen molar-refractivity contribution in [2.24, 2.45) is 0 Å². The number of H-pyrrole nitrogens is 3. The molecule has 0 amide bonds. The molecule has 5 N–H and O–H groups in total. The van der Waals surface area contributed by atoms with Crippen LogP contribution in [0.15, 0.2) is 27.8 Å². The van der Waals surface area contributed by atoms with Crippen LogP contribution in [-0.4, -0.2) is 26.6 Å². The Morgan fingerprint density at radius 1 is 1.17 bits per heavy atom. The van der Waals surface area contributed by atoms with Crippen molar-refractivity contribution in [3.05, 3.63) is 60.9 Å². The third-order valence-electron chi connectivity index (χ3n) is 4.16. The van der Waals surface area contributed by atoms with Gasteiger partial charge in [-0.25, -0.2) is 4.79 Å². The summed E-state index contributed by atoms with van der Waals surface area (Å²) in [5.74, 6) is -0.430. The minimum Gasteiger partial charge on any atom is -0.494 e. The van der Waals surface area contributed by atoms with Gasteiger partial charge in [0.2, 0.25) is 5.88 Å². The number of aromatic hydroxyl groups is 1. The van der Waals surface area contributed by atoms with Crippen LogP contribution < -0.4 is 16.6 Å². The van der Waals surface area contributed by atoms with Crippen molar-refractivity contribution < 1.29 is 5.11 Å². The van der Waals surface area contributed by atoms with Crippen molar-refractivity contribution in [1.29, 1.82) is 0 Å². The lowest BCUT2D eigenvalue weighted by molar-refractivity contribution is 0.425. The van der Waals surface area contributed by atoms with Gasteiger partial charge in [-0.15, -0.1) is 0 Å². The van der Waals surface area contributed by atoms with Crippen LogP contribution in [0.5, 0.6) is 5.88 Å². The molecule has 0 aliphatic carbocycles. The van der Waals surface area contributed by atoms with E-state index in [9.17, 15) is 14.7 Å². The van der Waals surface area contributed by atoms with Crippen LogP contribution in [0.2, 0.25) is 5.02 Å². The molecule has 0 fully saturated rings. The van der Waals surface area contributed by atoms with Crippen LogP contribution in [-0.2, 0) is 6.42 Å². The van der Waals surface area contributed by atoms with Gasteiger partial charge >= 0.3 is 5.69 Å². The van der Waals surface area contributed by atoms with Gasteiger partial charge < -0.3 is 15.4 Å². The van der Waals surface area contributed by atoms with Gasteiger partial charge in [-0.2, -0.15) is 0 Å². The van der Waals surface area contributed by atoms with Gasteiger partial charge in [0.1, 0.15) is 5.56 Å². The fourth-order valence-electron chi connectivity index (χ4n) is 3.20. The molecule has 0 saturated carbocycles. The van der Waals surface area contributed by atoms with Crippen LogP contribution in [0.25, 0.3) is 10.9 Å². The van der Waals surface area contributed by atoms with Crippen LogP contribution in [0.4, 0.5) is 0 Å². The highest BCUT2D eigenvalue weighted by molar-refractivity contribution is 6.31. The molecule has 0 unspecified atom stereocenters. The number of aromatic nitrogens is 3. The number of aromatic amines is 3. The average Bonchev–Trinajstić information content (AvgIpc) is 2.85. The molecule has 7 nitrogen and oxygen atoms in total. The summed E-state index contributed by atoms with van der Waals surface area (Å²) >= 11 is 6.08. The fourth-order valence-corrected chi connectivity index (χ4v) is 3.37. The van der Waals surface area contributed by atoms with E-state index in [0.717, 1.165) is 28.6 Å². The second-order valence-electron chi connectivity index (χ2n) is 5.51. The summed E-state index contributed by atoms with van der Waals surface area (Å²) in [6.07, 6.45) is 0.772. The van der Waals surface area contributed by atoms with Crippen molar-refractivity contribution >= 4 is 22.5 Å². The van der Waals surface area contributed by atoms with E-state index in [2.05, 4.69) is 20.3 Å². The lowest BCUT2D eigenvalue weighted by Crippen LogP contribution is -2.36. The molecular formula is C15H13ClN4O3. The average molecular weight is 333 g/mol. The number of benzene rings is 1. The van der Waals surface area contributed by atoms with Crippen molar-refractivity contribution in [3.8, 4) is 5.88 Å². The summed E-state index contributed by atoms with van der Waals surface area (Å²) in [6, 6.07) is 5.01. The smallest absolute Gasteiger partial charge is 0.328 e. The standard InChI is InChI=1S/C15H13ClN4O3/c16-6-1-2-9-8(5-6)7-3-4-17-12(11(7)18-9)10-13(21)19-15(23)20-14(10)22/h1-2,5,12,17-18H,3-4H2,(H3,19,20,21,22,23)/t12-/m1/s1. The van der Waals surface area contributed by atoms with E-state index in [1.807, 2.05) is 12.1 Å². The minimum absolute atomic E-state index is 0.0863. The first-order valence-electron chi connectivity index (χ1n) is 7.13. The number of fused-ring (bicyclic) bond motifs is 3. The lowest BCUT2D eigenvalue weighted by Gasteiger charge is -2.24. The lowest BCUT2D eigenvalue weighted by atomic mass is 9.95. The first-order chi connectivity index (χ1) is 11.0. The van der Waals surface area contributed by atoms with E-state index in [1.165, 1.54) is 0 Å². The minimum atomic E-state index is -0.740. The number of hydrogen-bond donors (Lipinski definition) is 5. The Bertz CT molecular complexity index is 1030. The first kappa shape index (κ1) is 14.1. The van der Waals surface area contributed by atoms with Crippen molar-refractivity contribution in [2.75, 3.05) is 6.54 Å². The Labute approximate surface area is 134 Å². The Hall–Kier alpha value is -2.51. The summed E-state index contributed by atoms with van der Waals surface area (Å²) in [5.41, 5.74) is 1.48. The second kappa shape index (κ2) is 5.00. The van der Waals surface area contributed by atoms with Gasteiger partial charge in [0, 0.05) is 28.2 Å². The highest BCUT2D eigenvalue weighted by Crippen LogP contribution is 2.35. The molecule has 23 heavy (non-hydrogen) atoms. The number of halogens is 1. The van der Waals surface area contributed by atoms with Crippen LogP contribution in [0.3, 0.4) is 0 Å². The molecule has 1 atom stereocenters. The van der Waals surface area contributed by atoms with E-state index in [1.54, 1.807) is 6.07 Å². The normalized spacial score (nSPS) is 17.3. The Balaban J connectivity index is 1.97. The zero-order chi connectivity index (χ0) is 16.1. The Morgan fingerprint density at radius 2 is 2.00 bits per heavy atom. The molecule has 0 radical (unpaired) electrons. The zero-order valence-corrected chi connectivity index (χ0v) is 12.6. The predicted molar refractivity (Wildman–Crippen MR) is 86.2 cm³/mol. The summed E-state index contributed by atoms with van der Waals surface area (Å²) in [5, 5.41) is 14.9. The van der Waals surface area contributed by atoms with E-state index in [4.69, 9.17) is 11.6 Å². The molecule has 8 heteroatoms. The van der Waals surface area contributed by atoms with E-state index >= 15 is 0 Å². The van der Waals surface area contributed by atoms with Crippen LogP contribution in [0, 0.1) is 0 Å². The molecule has 0 saturated heterocycles. The molecule has 0 spiro atoms. The largest absolute Gasteiger partial charge is 0.494 e. The van der Waals surface area contributed by atoms with E-state index < -0.39 is 23.2 Å². The highest BCUT2D eigenvalue weighted by atomic mass is 35.5. The first-order valence-corrected chi connectivity index (χ1v) is 7.51. The fraction of sp³-hybridized carbons (Fsp3) is 0.200. The topological polar surface area (TPSA) is 114 Å².